The van der Waals surface area contributed by atoms with Gasteiger partial charge in [0, 0.05) is 11.0 Å². The van der Waals surface area contributed by atoms with Crippen LogP contribution in [0.4, 0.5) is 0 Å². The Kier molecular flexibility index (Phi) is 5.78. The van der Waals surface area contributed by atoms with E-state index in [2.05, 4.69) is 0 Å². The summed E-state index contributed by atoms with van der Waals surface area (Å²) >= 11 is 0. The second-order valence-corrected chi connectivity index (χ2v) is 8.37. The maximum atomic E-state index is 12.1. The lowest BCUT2D eigenvalue weighted by molar-refractivity contribution is -0.232. The van der Waals surface area contributed by atoms with Gasteiger partial charge in [-0.3, -0.25) is 4.79 Å². The number of carbonyl (C=O) groups excluding carboxylic acids is 2. The Morgan fingerprint density at radius 3 is 1.96 bits per heavy atom. The van der Waals surface area contributed by atoms with Crippen molar-refractivity contribution in [2.75, 3.05) is 20.0 Å². The van der Waals surface area contributed by atoms with Crippen molar-refractivity contribution in [1.29, 1.82) is 0 Å². The normalized spacial score (nSPS) is 17.0. The van der Waals surface area contributed by atoms with Gasteiger partial charge in [0.05, 0.1) is 24.2 Å². The fraction of sp³-hybridized carbons (Fsp3) is 0.600. The van der Waals surface area contributed by atoms with Crippen molar-refractivity contribution in [3.05, 3.63) is 35.4 Å². The van der Waals surface area contributed by atoms with Crippen molar-refractivity contribution in [3.8, 4) is 0 Å². The van der Waals surface area contributed by atoms with Crippen LogP contribution >= 0.6 is 0 Å². The second kappa shape index (κ2) is 7.37. The Morgan fingerprint density at radius 1 is 0.962 bits per heavy atom. The lowest BCUT2D eigenvalue weighted by Gasteiger charge is -2.39. The monoisotopic (exact) mass is 364 g/mol. The zero-order valence-corrected chi connectivity index (χ0v) is 16.4. The van der Waals surface area contributed by atoms with Crippen LogP contribution in [0.25, 0.3) is 0 Å². The van der Waals surface area contributed by atoms with E-state index in [9.17, 15) is 9.59 Å². The summed E-state index contributed by atoms with van der Waals surface area (Å²) in [6, 6.07) is 6.91. The first-order valence-electron chi connectivity index (χ1n) is 8.70. The molecule has 0 saturated carbocycles. The van der Waals surface area contributed by atoms with Crippen molar-refractivity contribution >= 4 is 11.9 Å². The van der Waals surface area contributed by atoms with E-state index in [1.807, 2.05) is 20.8 Å². The van der Waals surface area contributed by atoms with Crippen molar-refractivity contribution < 1.29 is 28.5 Å². The van der Waals surface area contributed by atoms with Crippen LogP contribution in [0.1, 0.15) is 57.5 Å². The summed E-state index contributed by atoms with van der Waals surface area (Å²) in [5.74, 6) is -1.82. The van der Waals surface area contributed by atoms with E-state index >= 15 is 0 Å². The molecule has 1 aliphatic rings. The third kappa shape index (κ3) is 4.24. The van der Waals surface area contributed by atoms with Crippen molar-refractivity contribution in [2.24, 2.45) is 10.8 Å². The predicted octanol–water partition coefficient (Wildman–Crippen LogP) is 3.64. The topological polar surface area (TPSA) is 71.1 Å². The van der Waals surface area contributed by atoms with Crippen LogP contribution in [-0.2, 0) is 29.5 Å². The summed E-state index contributed by atoms with van der Waals surface area (Å²) in [6.07, 6.45) is 0. The molecular weight excluding hydrogens is 336 g/mol. The molecule has 0 N–H and O–H groups in total. The molecule has 1 fully saturated rings. The maximum absolute atomic E-state index is 12.1. The highest BCUT2D eigenvalue weighted by atomic mass is 16.7. The highest BCUT2D eigenvalue weighted by molar-refractivity contribution is 5.89. The van der Waals surface area contributed by atoms with Gasteiger partial charge in [0.1, 0.15) is 0 Å². The van der Waals surface area contributed by atoms with Gasteiger partial charge in [-0.25, -0.2) is 4.79 Å². The van der Waals surface area contributed by atoms with E-state index in [0.717, 1.165) is 5.56 Å². The number of hydrogen-bond acceptors (Lipinski definition) is 6. The molecule has 1 heterocycles. The van der Waals surface area contributed by atoms with Gasteiger partial charge in [0.2, 0.25) is 6.79 Å². The van der Waals surface area contributed by atoms with Crippen molar-refractivity contribution in [2.45, 2.75) is 47.3 Å². The van der Waals surface area contributed by atoms with E-state index in [4.69, 9.17) is 18.9 Å². The first-order valence-corrected chi connectivity index (χ1v) is 8.70. The van der Waals surface area contributed by atoms with Crippen molar-refractivity contribution in [1.82, 2.24) is 0 Å². The minimum absolute atomic E-state index is 0.271. The van der Waals surface area contributed by atoms with E-state index < -0.39 is 29.9 Å². The smallest absolute Gasteiger partial charge is 0.340 e. The SMILES string of the molecule is CC(C)(C)C(=O)OCOC(=O)c1ccc(C2(C(C)(C)C)OCCO2)cc1. The number of ether oxygens (including phenoxy) is 4. The highest BCUT2D eigenvalue weighted by Crippen LogP contribution is 2.46. The van der Waals surface area contributed by atoms with Crippen LogP contribution in [0.15, 0.2) is 24.3 Å². The maximum Gasteiger partial charge on any atom is 0.340 e. The van der Waals surface area contributed by atoms with E-state index in [0.29, 0.717) is 18.8 Å². The molecule has 6 nitrogen and oxygen atoms in total. The van der Waals surface area contributed by atoms with Gasteiger partial charge < -0.3 is 18.9 Å². The molecule has 1 aromatic carbocycles. The number of benzene rings is 1. The molecule has 0 bridgehead atoms. The molecule has 0 amide bonds. The predicted molar refractivity (Wildman–Crippen MR) is 95.3 cm³/mol. The number of rotatable bonds is 4. The molecule has 0 aromatic heterocycles. The van der Waals surface area contributed by atoms with Gasteiger partial charge in [-0.15, -0.1) is 0 Å². The van der Waals surface area contributed by atoms with Gasteiger partial charge >= 0.3 is 11.9 Å². The first kappa shape index (κ1) is 20.4. The van der Waals surface area contributed by atoms with E-state index in [-0.39, 0.29) is 5.41 Å². The largest absolute Gasteiger partial charge is 0.427 e. The molecule has 26 heavy (non-hydrogen) atoms. The molecule has 144 valence electrons. The molecule has 0 radical (unpaired) electrons. The second-order valence-electron chi connectivity index (χ2n) is 8.37. The molecule has 0 unspecified atom stereocenters. The molecule has 6 heteroatoms. The molecule has 0 atom stereocenters. The van der Waals surface area contributed by atoms with Crippen LogP contribution < -0.4 is 0 Å². The molecule has 1 aliphatic heterocycles. The van der Waals surface area contributed by atoms with Crippen LogP contribution in [0.5, 0.6) is 0 Å². The Balaban J connectivity index is 2.03. The van der Waals surface area contributed by atoms with Gasteiger partial charge in [0.25, 0.3) is 0 Å². The van der Waals surface area contributed by atoms with E-state index in [1.165, 1.54) is 0 Å². The molecule has 2 rings (SSSR count). The zero-order chi connectivity index (χ0) is 19.6. The molecular formula is C20H28O6. The number of esters is 2. The van der Waals surface area contributed by atoms with Crippen LogP contribution in [0.2, 0.25) is 0 Å². The first-order chi connectivity index (χ1) is 12.0. The zero-order valence-electron chi connectivity index (χ0n) is 16.4. The van der Waals surface area contributed by atoms with Gasteiger partial charge in [0.15, 0.2) is 5.79 Å². The van der Waals surface area contributed by atoms with Gasteiger partial charge in [-0.2, -0.15) is 0 Å². The third-order valence-electron chi connectivity index (χ3n) is 4.17. The quantitative estimate of drug-likeness (QED) is 0.600. The Labute approximate surface area is 154 Å². The Hall–Kier alpha value is -1.92. The number of hydrogen-bond donors (Lipinski definition) is 0. The fourth-order valence-corrected chi connectivity index (χ4v) is 2.71. The van der Waals surface area contributed by atoms with Crippen LogP contribution in [-0.4, -0.2) is 31.9 Å². The Bertz CT molecular complexity index is 642. The highest BCUT2D eigenvalue weighted by Gasteiger charge is 2.48. The average molecular weight is 364 g/mol. The minimum Gasteiger partial charge on any atom is -0.427 e. The van der Waals surface area contributed by atoms with Crippen LogP contribution in [0.3, 0.4) is 0 Å². The summed E-state index contributed by atoms with van der Waals surface area (Å²) in [5, 5.41) is 0. The number of carbonyl (C=O) groups is 2. The lowest BCUT2D eigenvalue weighted by atomic mass is 9.80. The summed E-state index contributed by atoms with van der Waals surface area (Å²) < 4.78 is 21.8. The molecule has 1 saturated heterocycles. The molecule has 1 aromatic rings. The average Bonchev–Trinajstić information content (AvgIpc) is 3.04. The van der Waals surface area contributed by atoms with Crippen LogP contribution in [0, 0.1) is 10.8 Å². The minimum atomic E-state index is -0.836. The van der Waals surface area contributed by atoms with Gasteiger partial charge in [-0.1, -0.05) is 32.9 Å². The Morgan fingerprint density at radius 2 is 1.50 bits per heavy atom. The lowest BCUT2D eigenvalue weighted by Crippen LogP contribution is -2.41. The molecule has 0 aliphatic carbocycles. The van der Waals surface area contributed by atoms with E-state index in [1.54, 1.807) is 45.0 Å². The fourth-order valence-electron chi connectivity index (χ4n) is 2.71. The summed E-state index contributed by atoms with van der Waals surface area (Å²) in [5.41, 5.74) is 0.296. The summed E-state index contributed by atoms with van der Waals surface area (Å²) in [6.45, 7) is 12.0. The standard InChI is InChI=1S/C20H28O6/c1-18(2,3)17(22)24-13-23-16(21)14-7-9-15(10-8-14)20(19(4,5)6)25-11-12-26-20/h7-10H,11-13H2,1-6H3. The molecule has 0 spiro atoms. The van der Waals surface area contributed by atoms with Crippen molar-refractivity contribution in [3.63, 3.8) is 0 Å². The summed E-state index contributed by atoms with van der Waals surface area (Å²) in [4.78, 5) is 23.8. The third-order valence-corrected chi connectivity index (χ3v) is 4.17. The van der Waals surface area contributed by atoms with Gasteiger partial charge in [-0.05, 0) is 32.9 Å². The summed E-state index contributed by atoms with van der Waals surface area (Å²) in [7, 11) is 0.